The SMILES string of the molecule is COc1ccc(-c2cc(C(=O)N3CC(C)OC(C)C3)n(-c3ccccc3Cl)n2)cc1. The van der Waals surface area contributed by atoms with E-state index in [0.717, 1.165) is 11.3 Å². The third-order valence-electron chi connectivity index (χ3n) is 5.10. The first-order valence-electron chi connectivity index (χ1n) is 9.90. The molecule has 1 saturated heterocycles. The number of carbonyl (C=O) groups is 1. The predicted molar refractivity (Wildman–Crippen MR) is 116 cm³/mol. The Kier molecular flexibility index (Phi) is 5.79. The van der Waals surface area contributed by atoms with Crippen LogP contribution in [0.25, 0.3) is 16.9 Å². The van der Waals surface area contributed by atoms with Crippen LogP contribution in [0.15, 0.2) is 54.6 Å². The maximum atomic E-state index is 13.5. The summed E-state index contributed by atoms with van der Waals surface area (Å²) >= 11 is 6.44. The van der Waals surface area contributed by atoms with Gasteiger partial charge in [-0.15, -0.1) is 0 Å². The minimum absolute atomic E-state index is 0.0181. The van der Waals surface area contributed by atoms with Gasteiger partial charge in [0.1, 0.15) is 11.4 Å². The van der Waals surface area contributed by atoms with Crippen molar-refractivity contribution < 1.29 is 14.3 Å². The molecule has 2 aromatic carbocycles. The van der Waals surface area contributed by atoms with E-state index in [1.807, 2.05) is 67.3 Å². The van der Waals surface area contributed by atoms with E-state index in [0.29, 0.717) is 35.2 Å². The number of rotatable bonds is 4. The lowest BCUT2D eigenvalue weighted by atomic mass is 10.1. The molecule has 2 atom stereocenters. The zero-order valence-electron chi connectivity index (χ0n) is 17.2. The molecule has 1 aromatic heterocycles. The Morgan fingerprint density at radius 3 is 2.40 bits per heavy atom. The van der Waals surface area contributed by atoms with Gasteiger partial charge in [-0.25, -0.2) is 4.68 Å². The standard InChI is InChI=1S/C23H24ClN3O3/c1-15-13-26(14-16(2)30-15)23(28)22-12-20(17-8-10-18(29-3)11-9-17)25-27(22)21-7-5-4-6-19(21)24/h4-12,15-16H,13-14H2,1-3H3. The van der Waals surface area contributed by atoms with Crippen molar-refractivity contribution in [1.29, 1.82) is 0 Å². The van der Waals surface area contributed by atoms with E-state index in [1.165, 1.54) is 0 Å². The number of ether oxygens (including phenoxy) is 2. The summed E-state index contributed by atoms with van der Waals surface area (Å²) in [6.45, 7) is 5.03. The lowest BCUT2D eigenvalue weighted by molar-refractivity contribution is -0.0588. The molecule has 2 unspecified atom stereocenters. The van der Waals surface area contributed by atoms with Gasteiger partial charge < -0.3 is 14.4 Å². The Balaban J connectivity index is 1.78. The number of morpholine rings is 1. The molecular formula is C23H24ClN3O3. The van der Waals surface area contributed by atoms with E-state index in [1.54, 1.807) is 17.9 Å². The number of methoxy groups -OCH3 is 1. The molecule has 0 radical (unpaired) electrons. The molecule has 1 aliphatic rings. The first-order chi connectivity index (χ1) is 14.5. The van der Waals surface area contributed by atoms with E-state index in [2.05, 4.69) is 0 Å². The molecule has 4 rings (SSSR count). The van der Waals surface area contributed by atoms with Gasteiger partial charge in [0.05, 0.1) is 35.7 Å². The fourth-order valence-electron chi connectivity index (χ4n) is 3.75. The predicted octanol–water partition coefficient (Wildman–Crippen LogP) is 4.45. The van der Waals surface area contributed by atoms with Gasteiger partial charge in [-0.3, -0.25) is 4.79 Å². The van der Waals surface area contributed by atoms with Crippen molar-refractivity contribution in [2.45, 2.75) is 26.1 Å². The van der Waals surface area contributed by atoms with Crippen LogP contribution >= 0.6 is 11.6 Å². The summed E-state index contributed by atoms with van der Waals surface area (Å²) in [4.78, 5) is 15.3. The molecule has 0 saturated carbocycles. The largest absolute Gasteiger partial charge is 0.497 e. The normalized spacial score (nSPS) is 19.0. The molecule has 0 spiro atoms. The maximum Gasteiger partial charge on any atom is 0.272 e. The topological polar surface area (TPSA) is 56.6 Å². The summed E-state index contributed by atoms with van der Waals surface area (Å²) in [6, 6.07) is 16.8. The van der Waals surface area contributed by atoms with Crippen molar-refractivity contribution in [3.63, 3.8) is 0 Å². The number of hydrogen-bond donors (Lipinski definition) is 0. The first-order valence-corrected chi connectivity index (χ1v) is 10.3. The van der Waals surface area contributed by atoms with Crippen LogP contribution in [0.2, 0.25) is 5.02 Å². The third-order valence-corrected chi connectivity index (χ3v) is 5.42. The van der Waals surface area contributed by atoms with Gasteiger partial charge in [0.2, 0.25) is 0 Å². The minimum Gasteiger partial charge on any atom is -0.497 e. The van der Waals surface area contributed by atoms with Crippen LogP contribution < -0.4 is 4.74 Å². The van der Waals surface area contributed by atoms with Crippen molar-refractivity contribution in [3.8, 4) is 22.7 Å². The number of para-hydroxylation sites is 1. The van der Waals surface area contributed by atoms with Crippen LogP contribution in [-0.2, 0) is 4.74 Å². The van der Waals surface area contributed by atoms with E-state index >= 15 is 0 Å². The third kappa shape index (κ3) is 4.06. The summed E-state index contributed by atoms with van der Waals surface area (Å²) in [5.41, 5.74) is 2.71. The number of nitrogens with zero attached hydrogens (tertiary/aromatic N) is 3. The minimum atomic E-state index is -0.0934. The molecule has 7 heteroatoms. The van der Waals surface area contributed by atoms with Crippen LogP contribution in [0.3, 0.4) is 0 Å². The number of aromatic nitrogens is 2. The number of amides is 1. The van der Waals surface area contributed by atoms with Crippen LogP contribution in [0, 0.1) is 0 Å². The van der Waals surface area contributed by atoms with Gasteiger partial charge in [-0.1, -0.05) is 23.7 Å². The molecule has 156 valence electrons. The van der Waals surface area contributed by atoms with Crippen LogP contribution in [0.4, 0.5) is 0 Å². The summed E-state index contributed by atoms with van der Waals surface area (Å²) in [6.07, 6.45) is -0.0362. The number of carbonyl (C=O) groups excluding carboxylic acids is 1. The zero-order chi connectivity index (χ0) is 21.3. The smallest absolute Gasteiger partial charge is 0.272 e. The Morgan fingerprint density at radius 2 is 1.77 bits per heavy atom. The van der Waals surface area contributed by atoms with Gasteiger partial charge in [-0.05, 0) is 56.3 Å². The second-order valence-corrected chi connectivity index (χ2v) is 7.88. The van der Waals surface area contributed by atoms with Gasteiger partial charge in [-0.2, -0.15) is 5.10 Å². The fourth-order valence-corrected chi connectivity index (χ4v) is 3.96. The zero-order valence-corrected chi connectivity index (χ0v) is 18.0. The summed E-state index contributed by atoms with van der Waals surface area (Å²) in [7, 11) is 1.63. The lowest BCUT2D eigenvalue weighted by Crippen LogP contribution is -2.48. The summed E-state index contributed by atoms with van der Waals surface area (Å²) in [5.74, 6) is 0.668. The molecule has 1 amide bonds. The van der Waals surface area contributed by atoms with Crippen LogP contribution in [0.1, 0.15) is 24.3 Å². The van der Waals surface area contributed by atoms with E-state index in [9.17, 15) is 4.79 Å². The molecule has 6 nitrogen and oxygen atoms in total. The molecule has 0 N–H and O–H groups in total. The highest BCUT2D eigenvalue weighted by molar-refractivity contribution is 6.32. The van der Waals surface area contributed by atoms with Crippen molar-refractivity contribution in [1.82, 2.24) is 14.7 Å². The molecule has 3 aromatic rings. The highest BCUT2D eigenvalue weighted by Gasteiger charge is 2.29. The fraction of sp³-hybridized carbons (Fsp3) is 0.304. The van der Waals surface area contributed by atoms with Crippen molar-refractivity contribution in [2.24, 2.45) is 0 Å². The monoisotopic (exact) mass is 425 g/mol. The Bertz CT molecular complexity index is 1040. The van der Waals surface area contributed by atoms with Crippen molar-refractivity contribution in [2.75, 3.05) is 20.2 Å². The van der Waals surface area contributed by atoms with E-state index in [4.69, 9.17) is 26.2 Å². The van der Waals surface area contributed by atoms with Gasteiger partial charge >= 0.3 is 0 Å². The number of hydrogen-bond acceptors (Lipinski definition) is 4. The Morgan fingerprint density at radius 1 is 1.10 bits per heavy atom. The molecule has 1 fully saturated rings. The van der Waals surface area contributed by atoms with Crippen molar-refractivity contribution >= 4 is 17.5 Å². The molecule has 1 aliphatic heterocycles. The van der Waals surface area contributed by atoms with E-state index < -0.39 is 0 Å². The Labute approximate surface area is 181 Å². The highest BCUT2D eigenvalue weighted by Crippen LogP contribution is 2.28. The van der Waals surface area contributed by atoms with Gasteiger partial charge in [0.15, 0.2) is 0 Å². The average molecular weight is 426 g/mol. The van der Waals surface area contributed by atoms with Gasteiger partial charge in [0.25, 0.3) is 5.91 Å². The summed E-state index contributed by atoms with van der Waals surface area (Å²) in [5, 5.41) is 5.26. The molecular weight excluding hydrogens is 402 g/mol. The quantitative estimate of drug-likeness (QED) is 0.619. The second kappa shape index (κ2) is 8.50. The number of benzene rings is 2. The summed E-state index contributed by atoms with van der Waals surface area (Å²) < 4.78 is 12.7. The average Bonchev–Trinajstić information content (AvgIpc) is 3.18. The maximum absolute atomic E-state index is 13.5. The molecule has 2 heterocycles. The molecule has 0 bridgehead atoms. The highest BCUT2D eigenvalue weighted by atomic mass is 35.5. The van der Waals surface area contributed by atoms with Gasteiger partial charge in [0, 0.05) is 18.7 Å². The van der Waals surface area contributed by atoms with Crippen molar-refractivity contribution in [3.05, 3.63) is 65.3 Å². The molecule has 0 aliphatic carbocycles. The van der Waals surface area contributed by atoms with E-state index in [-0.39, 0.29) is 18.1 Å². The van der Waals surface area contributed by atoms with Crippen LogP contribution in [0.5, 0.6) is 5.75 Å². The first kappa shape index (κ1) is 20.4. The number of halogens is 1. The molecule has 30 heavy (non-hydrogen) atoms. The van der Waals surface area contributed by atoms with Crippen LogP contribution in [-0.4, -0.2) is 53.0 Å². The lowest BCUT2D eigenvalue weighted by Gasteiger charge is -2.35. The second-order valence-electron chi connectivity index (χ2n) is 7.47. The Hall–Kier alpha value is -2.83.